The monoisotopic (exact) mass is 372 g/mol. The largest absolute Gasteiger partial charge is 0.299 e. The van der Waals surface area contributed by atoms with Gasteiger partial charge in [-0.05, 0) is 50.4 Å². The van der Waals surface area contributed by atoms with Gasteiger partial charge in [0, 0.05) is 24.2 Å². The number of hydrogen-bond acceptors (Lipinski definition) is 3. The van der Waals surface area contributed by atoms with Crippen LogP contribution in [0.15, 0.2) is 0 Å². The Morgan fingerprint density at radius 1 is 0.741 bits per heavy atom. The molecule has 4 aliphatic rings. The molecule has 4 fully saturated rings. The first-order chi connectivity index (χ1) is 13.2. The van der Waals surface area contributed by atoms with Crippen LogP contribution in [-0.2, 0) is 14.4 Å². The van der Waals surface area contributed by atoms with Crippen molar-refractivity contribution in [2.24, 2.45) is 35.5 Å². The summed E-state index contributed by atoms with van der Waals surface area (Å²) in [4.78, 5) is 38.0. The first kappa shape index (κ1) is 19.3. The SMILES string of the molecule is O=C1C(CCCCC(=O)C2CCCC3CCCCC32)C(=O)C2CCCCC12. The highest BCUT2D eigenvalue weighted by Crippen LogP contribution is 2.45. The lowest BCUT2D eigenvalue weighted by atomic mass is 9.64. The minimum absolute atomic E-state index is 0.0309. The topological polar surface area (TPSA) is 51.2 Å². The highest BCUT2D eigenvalue weighted by molar-refractivity contribution is 6.11. The van der Waals surface area contributed by atoms with E-state index < -0.39 is 0 Å². The van der Waals surface area contributed by atoms with E-state index in [1.807, 2.05) is 0 Å². The molecule has 5 unspecified atom stereocenters. The molecule has 5 atom stereocenters. The summed E-state index contributed by atoms with van der Waals surface area (Å²) in [5, 5.41) is 0. The quantitative estimate of drug-likeness (QED) is 0.470. The van der Waals surface area contributed by atoms with E-state index in [1.165, 1.54) is 38.5 Å². The van der Waals surface area contributed by atoms with Crippen molar-refractivity contribution in [3.05, 3.63) is 0 Å². The fourth-order valence-corrected chi connectivity index (χ4v) is 6.92. The van der Waals surface area contributed by atoms with E-state index in [2.05, 4.69) is 0 Å². The summed E-state index contributed by atoms with van der Waals surface area (Å²) in [6.45, 7) is 0. The molecule has 0 heterocycles. The van der Waals surface area contributed by atoms with Crippen molar-refractivity contribution in [3.8, 4) is 0 Å². The molecular formula is C24H36O3. The van der Waals surface area contributed by atoms with Crippen molar-refractivity contribution in [2.75, 3.05) is 0 Å². The van der Waals surface area contributed by atoms with Crippen LogP contribution >= 0.6 is 0 Å². The number of Topliss-reactive ketones (excluding diaryl/α,β-unsaturated/α-hetero) is 3. The molecule has 27 heavy (non-hydrogen) atoms. The van der Waals surface area contributed by atoms with Crippen LogP contribution in [0.25, 0.3) is 0 Å². The van der Waals surface area contributed by atoms with E-state index in [4.69, 9.17) is 0 Å². The van der Waals surface area contributed by atoms with Crippen molar-refractivity contribution in [1.82, 2.24) is 0 Å². The molecule has 4 saturated carbocycles. The summed E-state index contributed by atoms with van der Waals surface area (Å²) < 4.78 is 0. The lowest BCUT2D eigenvalue weighted by Gasteiger charge is -2.40. The molecule has 0 amide bonds. The van der Waals surface area contributed by atoms with Crippen LogP contribution in [0.4, 0.5) is 0 Å². The zero-order valence-corrected chi connectivity index (χ0v) is 16.8. The van der Waals surface area contributed by atoms with Crippen LogP contribution in [0.3, 0.4) is 0 Å². The normalized spacial score (nSPS) is 39.1. The molecule has 0 aromatic carbocycles. The second-order valence-corrected chi connectivity index (χ2v) is 9.81. The van der Waals surface area contributed by atoms with E-state index in [0.717, 1.165) is 50.9 Å². The van der Waals surface area contributed by atoms with Crippen molar-refractivity contribution in [1.29, 1.82) is 0 Å². The standard InChI is InChI=1S/C24H36O3/c25-22(18-14-7-9-16-8-1-2-10-17(16)18)15-6-5-13-21-23(26)19-11-3-4-12-20(19)24(21)27/h16-21H,1-15H2. The van der Waals surface area contributed by atoms with Crippen molar-refractivity contribution >= 4 is 17.3 Å². The van der Waals surface area contributed by atoms with Gasteiger partial charge in [0.1, 0.15) is 17.3 Å². The minimum atomic E-state index is -0.342. The molecular weight excluding hydrogens is 336 g/mol. The Bertz CT molecular complexity index is 554. The lowest BCUT2D eigenvalue weighted by Crippen LogP contribution is -2.35. The highest BCUT2D eigenvalue weighted by Gasteiger charge is 2.49. The summed E-state index contributed by atoms with van der Waals surface area (Å²) >= 11 is 0. The number of hydrogen-bond donors (Lipinski definition) is 0. The molecule has 4 rings (SSSR count). The van der Waals surface area contributed by atoms with Gasteiger partial charge in [-0.2, -0.15) is 0 Å². The number of fused-ring (bicyclic) bond motifs is 2. The minimum Gasteiger partial charge on any atom is -0.299 e. The summed E-state index contributed by atoms with van der Waals surface area (Å²) in [5.74, 6) is 2.42. The number of unbranched alkanes of at least 4 members (excludes halogenated alkanes) is 1. The first-order valence-corrected chi connectivity index (χ1v) is 11.8. The van der Waals surface area contributed by atoms with E-state index in [-0.39, 0.29) is 29.3 Å². The van der Waals surface area contributed by atoms with Crippen LogP contribution in [0.2, 0.25) is 0 Å². The lowest BCUT2D eigenvalue weighted by molar-refractivity contribution is -0.128. The van der Waals surface area contributed by atoms with Gasteiger partial charge in [-0.15, -0.1) is 0 Å². The molecule has 3 heteroatoms. The smallest absolute Gasteiger partial charge is 0.147 e. The molecule has 0 radical (unpaired) electrons. The highest BCUT2D eigenvalue weighted by atomic mass is 16.2. The van der Waals surface area contributed by atoms with Gasteiger partial charge in [-0.1, -0.05) is 51.4 Å². The predicted molar refractivity (Wildman–Crippen MR) is 105 cm³/mol. The van der Waals surface area contributed by atoms with Gasteiger partial charge < -0.3 is 0 Å². The Kier molecular flexibility index (Phi) is 6.14. The van der Waals surface area contributed by atoms with Gasteiger partial charge in [0.25, 0.3) is 0 Å². The molecule has 4 aliphatic carbocycles. The molecule has 0 N–H and O–H groups in total. The summed E-state index contributed by atoms with van der Waals surface area (Å²) in [7, 11) is 0. The maximum atomic E-state index is 12.8. The summed E-state index contributed by atoms with van der Waals surface area (Å²) in [6.07, 6.45) is 16.0. The molecule has 0 saturated heterocycles. The molecule has 0 spiro atoms. The summed E-state index contributed by atoms with van der Waals surface area (Å²) in [6, 6.07) is 0. The fourth-order valence-electron chi connectivity index (χ4n) is 6.92. The van der Waals surface area contributed by atoms with Crippen molar-refractivity contribution < 1.29 is 14.4 Å². The predicted octanol–water partition coefficient (Wildman–Crippen LogP) is 5.30. The van der Waals surface area contributed by atoms with Gasteiger partial charge >= 0.3 is 0 Å². The van der Waals surface area contributed by atoms with Gasteiger partial charge in [-0.25, -0.2) is 0 Å². The Hall–Kier alpha value is -0.990. The second-order valence-electron chi connectivity index (χ2n) is 9.81. The Morgan fingerprint density at radius 3 is 2.11 bits per heavy atom. The maximum absolute atomic E-state index is 12.8. The van der Waals surface area contributed by atoms with Crippen molar-refractivity contribution in [2.45, 2.75) is 96.3 Å². The van der Waals surface area contributed by atoms with Crippen LogP contribution in [0, 0.1) is 35.5 Å². The third-order valence-electron chi connectivity index (χ3n) is 8.34. The van der Waals surface area contributed by atoms with E-state index in [0.29, 0.717) is 30.5 Å². The Labute approximate surface area is 164 Å². The number of carbonyl (C=O) groups is 3. The van der Waals surface area contributed by atoms with Crippen LogP contribution < -0.4 is 0 Å². The zero-order chi connectivity index (χ0) is 18.8. The van der Waals surface area contributed by atoms with E-state index in [1.54, 1.807) is 0 Å². The fraction of sp³-hybridized carbons (Fsp3) is 0.875. The molecule has 0 bridgehead atoms. The van der Waals surface area contributed by atoms with Gasteiger partial charge in [0.05, 0.1) is 5.92 Å². The van der Waals surface area contributed by atoms with Crippen molar-refractivity contribution in [3.63, 3.8) is 0 Å². The van der Waals surface area contributed by atoms with Crippen LogP contribution in [-0.4, -0.2) is 17.3 Å². The average molecular weight is 373 g/mol. The Balaban J connectivity index is 1.23. The third-order valence-corrected chi connectivity index (χ3v) is 8.34. The Morgan fingerprint density at radius 2 is 1.37 bits per heavy atom. The zero-order valence-electron chi connectivity index (χ0n) is 16.8. The van der Waals surface area contributed by atoms with Gasteiger partial charge in [0.2, 0.25) is 0 Å². The number of carbonyl (C=O) groups excluding carboxylic acids is 3. The molecule has 0 aliphatic heterocycles. The number of ketones is 3. The van der Waals surface area contributed by atoms with Gasteiger partial charge in [0.15, 0.2) is 0 Å². The maximum Gasteiger partial charge on any atom is 0.147 e. The third kappa shape index (κ3) is 3.93. The molecule has 0 aromatic heterocycles. The summed E-state index contributed by atoms with van der Waals surface area (Å²) in [5.41, 5.74) is 0. The van der Waals surface area contributed by atoms with Crippen LogP contribution in [0.5, 0.6) is 0 Å². The second kappa shape index (κ2) is 8.57. The molecule has 3 nitrogen and oxygen atoms in total. The first-order valence-electron chi connectivity index (χ1n) is 11.8. The van der Waals surface area contributed by atoms with Gasteiger partial charge in [-0.3, -0.25) is 14.4 Å². The average Bonchev–Trinajstić information content (AvgIpc) is 2.95. The molecule has 150 valence electrons. The van der Waals surface area contributed by atoms with Crippen LogP contribution in [0.1, 0.15) is 96.3 Å². The number of rotatable bonds is 6. The molecule has 0 aromatic rings. The van der Waals surface area contributed by atoms with E-state index >= 15 is 0 Å². The van der Waals surface area contributed by atoms with E-state index in [9.17, 15) is 14.4 Å².